The van der Waals surface area contributed by atoms with E-state index in [0.29, 0.717) is 0 Å². The van der Waals surface area contributed by atoms with Crippen molar-refractivity contribution < 1.29 is 28.8 Å². The molecule has 0 aromatic heterocycles. The van der Waals surface area contributed by atoms with Crippen molar-refractivity contribution in [1.82, 2.24) is 20.7 Å². The highest BCUT2D eigenvalue weighted by atomic mass is 16.2. The number of Topliss-reactive ketones (excluding diaryl/α,β-unsaturated/α-hetero) is 1. The molecule has 2 fully saturated rings. The maximum absolute atomic E-state index is 11.0. The number of hydrogen-bond donors (Lipinski definition) is 2. The van der Waals surface area contributed by atoms with Gasteiger partial charge in [-0.15, -0.1) is 0 Å². The summed E-state index contributed by atoms with van der Waals surface area (Å²) >= 11 is 0. The molecule has 30 heavy (non-hydrogen) atoms. The lowest BCUT2D eigenvalue weighted by atomic mass is 10.3. The van der Waals surface area contributed by atoms with Gasteiger partial charge >= 0.3 is 12.1 Å². The number of hydrazone groups is 2. The predicted octanol–water partition coefficient (Wildman–Crippen LogP) is -1.07. The molecule has 154 valence electrons. The average Bonchev–Trinajstić information content (AvgIpc) is 3.20. The summed E-state index contributed by atoms with van der Waals surface area (Å²) in [5.41, 5.74) is 0. The molecule has 6 amide bonds. The van der Waals surface area contributed by atoms with Gasteiger partial charge in [0.1, 0.15) is 13.1 Å². The summed E-state index contributed by atoms with van der Waals surface area (Å²) < 4.78 is 0. The summed E-state index contributed by atoms with van der Waals surface area (Å²) in [6, 6.07) is -1.31. The minimum Gasteiger partial charge on any atom is -0.316 e. The van der Waals surface area contributed by atoms with Crippen LogP contribution in [0.2, 0.25) is 0 Å². The van der Waals surface area contributed by atoms with Crippen LogP contribution in [0.25, 0.3) is 9.69 Å². The second-order valence-electron chi connectivity index (χ2n) is 5.26. The molecule has 0 unspecified atom stereocenters. The first-order valence-corrected chi connectivity index (χ1v) is 8.00. The molecule has 2 aliphatic rings. The Balaban J connectivity index is 0.000000300. The van der Waals surface area contributed by atoms with E-state index < -0.39 is 29.7 Å². The van der Waals surface area contributed by atoms with E-state index in [2.05, 4.69) is 19.9 Å². The van der Waals surface area contributed by atoms with Gasteiger partial charge < -0.3 is 4.85 Å². The maximum Gasteiger partial charge on any atom is 0.344 e. The van der Waals surface area contributed by atoms with Crippen molar-refractivity contribution in [3.8, 4) is 0 Å². The van der Waals surface area contributed by atoms with Crippen LogP contribution in [0.3, 0.4) is 0 Å². The summed E-state index contributed by atoms with van der Waals surface area (Å²) in [5, 5.41) is 12.7. The van der Waals surface area contributed by atoms with E-state index in [1.807, 2.05) is 10.6 Å². The Labute approximate surface area is 169 Å². The first-order valence-electron chi connectivity index (χ1n) is 8.00. The second kappa shape index (κ2) is 11.9. The number of imide groups is 2. The van der Waals surface area contributed by atoms with Gasteiger partial charge in [0.25, 0.3) is 0 Å². The van der Waals surface area contributed by atoms with E-state index >= 15 is 0 Å². The number of carbonyl (C=O) groups is 6. The Morgan fingerprint density at radius 1 is 0.967 bits per heavy atom. The van der Waals surface area contributed by atoms with Crippen LogP contribution in [0, 0.1) is 13.1 Å². The summed E-state index contributed by atoms with van der Waals surface area (Å²) in [5.74, 6) is -1.80. The van der Waals surface area contributed by atoms with Crippen molar-refractivity contribution in [2.45, 2.75) is 6.42 Å². The van der Waals surface area contributed by atoms with Crippen LogP contribution < -0.4 is 10.6 Å². The van der Waals surface area contributed by atoms with Gasteiger partial charge in [0, 0.05) is 0 Å². The molecule has 2 aliphatic heterocycles. The molecule has 2 N–H and O–H groups in total. The highest BCUT2D eigenvalue weighted by molar-refractivity contribution is 6.32. The minimum atomic E-state index is -0.668. The number of rotatable bonds is 7. The summed E-state index contributed by atoms with van der Waals surface area (Å²) in [6.45, 7) is 12.6. The molecular formula is C16H14N8O6. The summed E-state index contributed by atoms with van der Waals surface area (Å²) in [7, 11) is 0. The van der Waals surface area contributed by atoms with Crippen LogP contribution >= 0.6 is 0 Å². The number of carbonyl (C=O) groups excluding carboxylic acids is 6. The molecule has 0 aromatic rings. The molecule has 0 radical (unpaired) electrons. The Hall–Kier alpha value is -4.72. The van der Waals surface area contributed by atoms with E-state index in [0.717, 1.165) is 34.7 Å². The summed E-state index contributed by atoms with van der Waals surface area (Å²) in [4.78, 5) is 71.0. The molecule has 14 nitrogen and oxygen atoms in total. The fourth-order valence-electron chi connectivity index (χ4n) is 1.69. The third kappa shape index (κ3) is 8.31. The van der Waals surface area contributed by atoms with Gasteiger partial charge in [-0.3, -0.25) is 29.8 Å². The van der Waals surface area contributed by atoms with Gasteiger partial charge in [-0.2, -0.15) is 10.2 Å². The lowest BCUT2D eigenvalue weighted by Gasteiger charge is -2.02. The Bertz CT molecular complexity index is 923. The molecule has 0 saturated carbocycles. The molecule has 0 aliphatic carbocycles. The predicted molar refractivity (Wildman–Crippen MR) is 99.3 cm³/mol. The van der Waals surface area contributed by atoms with Crippen molar-refractivity contribution in [3.63, 3.8) is 0 Å². The molecule has 2 saturated heterocycles. The molecule has 0 bridgehead atoms. The minimum absolute atomic E-state index is 0.0659. The average molecular weight is 414 g/mol. The molecule has 0 spiro atoms. The molecule has 2 heterocycles. The number of amides is 6. The van der Waals surface area contributed by atoms with Crippen molar-refractivity contribution in [3.05, 3.63) is 35.1 Å². The largest absolute Gasteiger partial charge is 0.344 e. The van der Waals surface area contributed by atoms with Gasteiger partial charge in [0.15, 0.2) is 17.8 Å². The molecule has 0 atom stereocenters. The number of hydrogen-bond acceptors (Lipinski definition) is 8. The van der Waals surface area contributed by atoms with Crippen molar-refractivity contribution >= 4 is 47.9 Å². The number of allylic oxidation sites excluding steroid dienone is 1. The van der Waals surface area contributed by atoms with Gasteiger partial charge in [-0.1, -0.05) is 0 Å². The molecule has 2 rings (SSSR count). The van der Waals surface area contributed by atoms with Gasteiger partial charge in [0.2, 0.25) is 18.4 Å². The molecular weight excluding hydrogens is 400 g/mol. The van der Waals surface area contributed by atoms with Crippen LogP contribution in [0.1, 0.15) is 6.42 Å². The maximum atomic E-state index is 11.0. The van der Waals surface area contributed by atoms with Crippen LogP contribution in [0.5, 0.6) is 0 Å². The van der Waals surface area contributed by atoms with E-state index in [1.165, 1.54) is 0 Å². The Morgan fingerprint density at radius 2 is 1.50 bits per heavy atom. The number of urea groups is 2. The first-order chi connectivity index (χ1) is 14.3. The third-order valence-corrected chi connectivity index (χ3v) is 3.00. The van der Waals surface area contributed by atoms with Gasteiger partial charge in [0.05, 0.1) is 25.4 Å². The Morgan fingerprint density at radius 3 is 1.93 bits per heavy atom. The number of ketones is 2. The van der Waals surface area contributed by atoms with E-state index in [9.17, 15) is 28.8 Å². The monoisotopic (exact) mass is 414 g/mol. The van der Waals surface area contributed by atoms with E-state index in [1.54, 1.807) is 0 Å². The van der Waals surface area contributed by atoms with Gasteiger partial charge in [-0.25, -0.2) is 31.0 Å². The quantitative estimate of drug-likeness (QED) is 0.233. The lowest BCUT2D eigenvalue weighted by Crippen LogP contribution is -2.24. The fourth-order valence-corrected chi connectivity index (χ4v) is 1.69. The zero-order valence-electron chi connectivity index (χ0n) is 15.3. The second-order valence-corrected chi connectivity index (χ2v) is 5.26. The van der Waals surface area contributed by atoms with Crippen LogP contribution in [0.15, 0.2) is 22.5 Å². The highest BCUT2D eigenvalue weighted by Gasteiger charge is 2.26. The van der Waals surface area contributed by atoms with Crippen molar-refractivity contribution in [1.29, 1.82) is 0 Å². The zero-order valence-corrected chi connectivity index (χ0v) is 15.3. The SMILES string of the molecule is [C-]#[N+]C=CC(=O)/C=N\N1CC(=O)NC1=O.[C-]#[N+]CCC(=O)/C=N\N1CC(=O)NC1=O. The fraction of sp³-hybridized carbons (Fsp3) is 0.250. The topological polar surface area (TPSA) is 166 Å². The first kappa shape index (κ1) is 23.3. The number of nitrogens with zero attached hydrogens (tertiary/aromatic N) is 6. The zero-order chi connectivity index (χ0) is 22.5. The smallest absolute Gasteiger partial charge is 0.316 e. The molecule has 0 aromatic carbocycles. The molecule has 14 heteroatoms. The van der Waals surface area contributed by atoms with Crippen LogP contribution in [-0.2, 0) is 19.2 Å². The van der Waals surface area contributed by atoms with E-state index in [-0.39, 0.29) is 31.8 Å². The van der Waals surface area contributed by atoms with Gasteiger partial charge in [-0.05, 0) is 6.08 Å². The van der Waals surface area contributed by atoms with Crippen molar-refractivity contribution in [2.24, 2.45) is 10.2 Å². The third-order valence-electron chi connectivity index (χ3n) is 3.00. The lowest BCUT2D eigenvalue weighted by molar-refractivity contribution is -0.119. The highest BCUT2D eigenvalue weighted by Crippen LogP contribution is 1.98. The number of nitrogens with one attached hydrogen (secondary N) is 2. The normalized spacial score (nSPS) is 15.8. The van der Waals surface area contributed by atoms with Crippen LogP contribution in [0.4, 0.5) is 9.59 Å². The van der Waals surface area contributed by atoms with E-state index in [4.69, 9.17) is 13.1 Å². The van der Waals surface area contributed by atoms with Crippen LogP contribution in [-0.4, -0.2) is 77.5 Å². The standard InChI is InChI=1S/C8H8N4O3.C8H6N4O3/c2*1-9-3-2-6(13)4-10-12-5-7(14)11-8(12)15/h4H,2-3,5H2,(H,11,14,15);2-4H,5H2,(H,11,14,15)/b10-4-;3-2?,10-4-. The summed E-state index contributed by atoms with van der Waals surface area (Å²) in [6.07, 6.45) is 3.86. The van der Waals surface area contributed by atoms with Crippen molar-refractivity contribution in [2.75, 3.05) is 19.6 Å². The Kier molecular flexibility index (Phi) is 9.24.